The normalized spacial score (nSPS) is 19.2. The molecule has 13 nitrogen and oxygen atoms in total. The number of hydrogen-bond donors (Lipinski definition) is 3. The molecule has 0 aliphatic carbocycles. The third kappa shape index (κ3) is 7.28. The Morgan fingerprint density at radius 3 is 2.63 bits per heavy atom. The molecule has 3 aliphatic rings. The van der Waals surface area contributed by atoms with E-state index in [4.69, 9.17) is 24.2 Å². The summed E-state index contributed by atoms with van der Waals surface area (Å²) in [6.07, 6.45) is 5.10. The van der Waals surface area contributed by atoms with Crippen LogP contribution in [0.2, 0.25) is 0 Å². The quantitative estimate of drug-likeness (QED) is 0.128. The Balaban J connectivity index is 0.971. The van der Waals surface area contributed by atoms with Gasteiger partial charge in [-0.15, -0.1) is 0 Å². The number of nitrogens with zero attached hydrogens (tertiary/aromatic N) is 4. The highest BCUT2D eigenvalue weighted by Crippen LogP contribution is 2.43. The van der Waals surface area contributed by atoms with E-state index in [0.717, 1.165) is 79.7 Å². The van der Waals surface area contributed by atoms with E-state index in [9.17, 15) is 14.4 Å². The van der Waals surface area contributed by atoms with Gasteiger partial charge in [0.1, 0.15) is 30.0 Å². The van der Waals surface area contributed by atoms with Crippen LogP contribution in [0.3, 0.4) is 0 Å². The van der Waals surface area contributed by atoms with Crippen LogP contribution >= 0.6 is 0 Å². The summed E-state index contributed by atoms with van der Waals surface area (Å²) in [5, 5.41) is 4.72. The number of methoxy groups -OCH3 is 1. The van der Waals surface area contributed by atoms with Crippen molar-refractivity contribution in [2.75, 3.05) is 26.8 Å². The lowest BCUT2D eigenvalue weighted by atomic mass is 9.92. The number of benzene rings is 4. The van der Waals surface area contributed by atoms with Crippen molar-refractivity contribution in [1.82, 2.24) is 35.1 Å². The molecule has 0 bridgehead atoms. The number of aromatic amines is 2. The molecule has 2 fully saturated rings. The molecule has 6 aromatic rings. The molecule has 2 saturated heterocycles. The molecule has 13 heteroatoms. The fourth-order valence-electron chi connectivity index (χ4n) is 8.91. The Kier molecular flexibility index (Phi) is 10.3. The zero-order valence-electron chi connectivity index (χ0n) is 33.7. The maximum absolute atomic E-state index is 14.0. The standard InChI is InChI=1S/C46H48N7O6/c1-5-58-31-21-38(53(24-31)45(55)41(26(2)3)51-46(56)57-4)44-48-35-16-14-28-20-34-32-15-13-29(19-30(32)25-59-39(34)22-33(28)42(35)50-44)36-23-47-43(49-36)37-12-9-17-52(37)40(54)18-27-10-7-6-8-11-27/h6-8,10-11,13-16,18-20,22-23,26,31,37-38,41H,5,9,12,17,21,24-25H2,1-4H3,(H,47,49)(H,48,50)(H,51,56)/t31-,37-,38-,41-/m0/s1. The first-order chi connectivity index (χ1) is 28.7. The van der Waals surface area contributed by atoms with Gasteiger partial charge in [0.2, 0.25) is 11.8 Å². The maximum Gasteiger partial charge on any atom is 0.407 e. The second-order valence-electron chi connectivity index (χ2n) is 15.9. The molecule has 5 heterocycles. The third-order valence-electron chi connectivity index (χ3n) is 11.9. The Hall–Kier alpha value is -6.21. The fourth-order valence-corrected chi connectivity index (χ4v) is 8.91. The summed E-state index contributed by atoms with van der Waals surface area (Å²) in [5.74, 6) is 1.88. The largest absolute Gasteiger partial charge is 0.488 e. The van der Waals surface area contributed by atoms with Crippen molar-refractivity contribution in [3.63, 3.8) is 0 Å². The first-order valence-electron chi connectivity index (χ1n) is 20.4. The Bertz CT molecular complexity index is 2550. The van der Waals surface area contributed by atoms with Gasteiger partial charge in [0, 0.05) is 37.1 Å². The molecular weight excluding hydrogens is 747 g/mol. The summed E-state index contributed by atoms with van der Waals surface area (Å²) in [7, 11) is 1.29. The predicted octanol–water partition coefficient (Wildman–Crippen LogP) is 7.64. The second-order valence-corrected chi connectivity index (χ2v) is 15.9. The highest BCUT2D eigenvalue weighted by Gasteiger charge is 2.42. The molecule has 0 unspecified atom stereocenters. The van der Waals surface area contributed by atoms with E-state index < -0.39 is 12.1 Å². The van der Waals surface area contributed by atoms with Crippen LogP contribution in [0.25, 0.3) is 44.2 Å². The molecule has 0 spiro atoms. The van der Waals surface area contributed by atoms with Crippen LogP contribution in [-0.2, 0) is 25.7 Å². The van der Waals surface area contributed by atoms with E-state index in [-0.39, 0.29) is 35.9 Å². The van der Waals surface area contributed by atoms with Crippen LogP contribution in [0.4, 0.5) is 4.79 Å². The van der Waals surface area contributed by atoms with Gasteiger partial charge >= 0.3 is 6.09 Å². The van der Waals surface area contributed by atoms with E-state index in [2.05, 4.69) is 51.7 Å². The second kappa shape index (κ2) is 15.9. The van der Waals surface area contributed by atoms with Crippen LogP contribution in [0.1, 0.15) is 74.9 Å². The number of fused-ring (bicyclic) bond motifs is 6. The van der Waals surface area contributed by atoms with Crippen molar-refractivity contribution in [3.8, 4) is 28.1 Å². The number of imidazole rings is 2. The molecule has 1 radical (unpaired) electrons. The molecular formula is C46H48N7O6. The lowest BCUT2D eigenvalue weighted by Gasteiger charge is -2.29. The minimum Gasteiger partial charge on any atom is -0.488 e. The lowest BCUT2D eigenvalue weighted by Crippen LogP contribution is -2.51. The van der Waals surface area contributed by atoms with Crippen LogP contribution in [-0.4, -0.2) is 86.6 Å². The summed E-state index contributed by atoms with van der Waals surface area (Å²) in [6, 6.07) is 23.2. The highest BCUT2D eigenvalue weighted by atomic mass is 16.5. The van der Waals surface area contributed by atoms with Crippen LogP contribution in [0.15, 0.2) is 79.0 Å². The summed E-state index contributed by atoms with van der Waals surface area (Å²) < 4.78 is 17.3. The molecule has 3 N–H and O–H groups in total. The Labute approximate surface area is 342 Å². The minimum atomic E-state index is -0.765. The number of carbonyl (C=O) groups is 3. The van der Waals surface area contributed by atoms with Crippen LogP contribution in [0, 0.1) is 12.3 Å². The van der Waals surface area contributed by atoms with Crippen LogP contribution in [0.5, 0.6) is 5.75 Å². The van der Waals surface area contributed by atoms with Gasteiger partial charge < -0.3 is 39.3 Å². The van der Waals surface area contributed by atoms with Gasteiger partial charge in [-0.2, -0.15) is 0 Å². The molecule has 59 heavy (non-hydrogen) atoms. The van der Waals surface area contributed by atoms with E-state index in [1.165, 1.54) is 7.11 Å². The monoisotopic (exact) mass is 794 g/mol. The van der Waals surface area contributed by atoms with Crippen molar-refractivity contribution >= 4 is 39.7 Å². The van der Waals surface area contributed by atoms with E-state index >= 15 is 0 Å². The average Bonchev–Trinajstić information content (AvgIpc) is 4.08. The first kappa shape index (κ1) is 38.3. The van der Waals surface area contributed by atoms with Gasteiger partial charge in [-0.25, -0.2) is 14.8 Å². The van der Waals surface area contributed by atoms with E-state index in [0.29, 0.717) is 38.5 Å². The summed E-state index contributed by atoms with van der Waals surface area (Å²) in [4.78, 5) is 60.0. The minimum absolute atomic E-state index is 0.00305. The number of aromatic nitrogens is 4. The van der Waals surface area contributed by atoms with Gasteiger partial charge in [-0.1, -0.05) is 62.4 Å². The molecule has 0 saturated carbocycles. The zero-order valence-corrected chi connectivity index (χ0v) is 33.7. The third-order valence-corrected chi connectivity index (χ3v) is 11.9. The predicted molar refractivity (Wildman–Crippen MR) is 223 cm³/mol. The van der Waals surface area contributed by atoms with E-state index in [1.54, 1.807) is 11.3 Å². The lowest BCUT2D eigenvalue weighted by molar-refractivity contribution is -0.136. The number of hydrogen-bond acceptors (Lipinski definition) is 8. The number of carbonyl (C=O) groups excluding carboxylic acids is 3. The van der Waals surface area contributed by atoms with Gasteiger partial charge in [-0.05, 0) is 77.6 Å². The zero-order chi connectivity index (χ0) is 40.8. The van der Waals surface area contributed by atoms with Crippen molar-refractivity contribution in [3.05, 3.63) is 108 Å². The Morgan fingerprint density at radius 1 is 0.983 bits per heavy atom. The molecule has 2 aromatic heterocycles. The van der Waals surface area contributed by atoms with Crippen molar-refractivity contribution in [2.45, 2.75) is 70.9 Å². The summed E-state index contributed by atoms with van der Waals surface area (Å²) in [6.45, 7) is 7.75. The number of H-pyrrole nitrogens is 2. The number of amides is 3. The molecule has 3 aliphatic heterocycles. The van der Waals surface area contributed by atoms with Gasteiger partial charge in [0.15, 0.2) is 0 Å². The molecule has 4 aromatic carbocycles. The van der Waals surface area contributed by atoms with Gasteiger partial charge in [0.25, 0.3) is 0 Å². The maximum atomic E-state index is 14.0. The molecule has 9 rings (SSSR count). The number of alkyl carbamates (subject to hydrolysis) is 1. The van der Waals surface area contributed by atoms with Crippen LogP contribution < -0.4 is 10.1 Å². The molecule has 303 valence electrons. The average molecular weight is 795 g/mol. The Morgan fingerprint density at radius 2 is 1.83 bits per heavy atom. The smallest absolute Gasteiger partial charge is 0.407 e. The van der Waals surface area contributed by atoms with Crippen molar-refractivity contribution < 1.29 is 28.6 Å². The van der Waals surface area contributed by atoms with Crippen molar-refractivity contribution in [1.29, 1.82) is 0 Å². The highest BCUT2D eigenvalue weighted by molar-refractivity contribution is 6.07. The molecule has 4 atom stereocenters. The van der Waals surface area contributed by atoms with Gasteiger partial charge in [-0.3, -0.25) is 9.59 Å². The number of rotatable bonds is 10. The number of ether oxygens (including phenoxy) is 3. The molecule has 3 amide bonds. The SMILES string of the molecule is CCO[C@H]1C[C@@H](c2nc3ccc4cc5c(cc4c3[nH]2)OCc2cc(-c3cnc([C@@H]4CCCN4C(=O)[CH]c4ccccc4)[nH]3)ccc2-5)N(C(=O)[C@@H](NC(=O)OC)C(C)C)C1. The number of nitrogens with one attached hydrogen (secondary N) is 3. The summed E-state index contributed by atoms with van der Waals surface area (Å²) in [5.41, 5.74) is 7.62. The first-order valence-corrected chi connectivity index (χ1v) is 20.4. The van der Waals surface area contributed by atoms with Gasteiger partial charge in [0.05, 0.1) is 54.6 Å². The number of likely N-dealkylation sites (tertiary alicyclic amines) is 2. The topological polar surface area (TPSA) is 155 Å². The van der Waals surface area contributed by atoms with Crippen molar-refractivity contribution in [2.24, 2.45) is 5.92 Å². The summed E-state index contributed by atoms with van der Waals surface area (Å²) >= 11 is 0. The fraction of sp³-hybridized carbons (Fsp3) is 0.348. The van der Waals surface area contributed by atoms with E-state index in [1.807, 2.05) is 68.3 Å².